The predicted molar refractivity (Wildman–Crippen MR) is 281 cm³/mol. The summed E-state index contributed by atoms with van der Waals surface area (Å²) in [5.41, 5.74) is 21.6. The largest absolute Gasteiger partial charge is 0.310 e. The first-order chi connectivity index (χ1) is 33.8. The summed E-state index contributed by atoms with van der Waals surface area (Å²) in [5.74, 6) is 0. The van der Waals surface area contributed by atoms with Crippen LogP contribution in [0.3, 0.4) is 0 Å². The third-order valence-corrected chi connectivity index (χ3v) is 15.6. The lowest BCUT2D eigenvalue weighted by atomic mass is 9.65. The molecule has 1 unspecified atom stereocenters. The number of benzene rings is 11. The number of anilines is 3. The molecule has 3 aliphatic rings. The van der Waals surface area contributed by atoms with E-state index >= 15 is 0 Å². The molecule has 2 aliphatic carbocycles. The normalized spacial score (nSPS) is 15.5. The number of para-hydroxylation sites is 3. The molecule has 2 heterocycles. The first-order valence-corrected chi connectivity index (χ1v) is 23.8. The van der Waals surface area contributed by atoms with Crippen molar-refractivity contribution in [2.24, 2.45) is 0 Å². The van der Waals surface area contributed by atoms with Crippen molar-refractivity contribution in [1.82, 2.24) is 4.57 Å². The van der Waals surface area contributed by atoms with Crippen LogP contribution in [-0.4, -0.2) is 4.57 Å². The quantitative estimate of drug-likeness (QED) is 0.167. The second kappa shape index (κ2) is 13.9. The Labute approximate surface area is 395 Å². The number of rotatable bonds is 5. The first kappa shape index (κ1) is 37.5. The van der Waals surface area contributed by atoms with Gasteiger partial charge in [0.25, 0.3) is 0 Å². The Kier molecular flexibility index (Phi) is 7.67. The van der Waals surface area contributed by atoms with Crippen molar-refractivity contribution in [3.63, 3.8) is 0 Å². The fourth-order valence-corrected chi connectivity index (χ4v) is 13.1. The molecule has 1 spiro atoms. The monoisotopic (exact) mass is 862 g/mol. The zero-order valence-electron chi connectivity index (χ0n) is 37.1. The second-order valence-corrected chi connectivity index (χ2v) is 18.7. The molecule has 11 aromatic carbocycles. The van der Waals surface area contributed by atoms with Crippen LogP contribution in [0, 0.1) is 0 Å². The van der Waals surface area contributed by atoms with Crippen molar-refractivity contribution in [3.8, 4) is 27.9 Å². The van der Waals surface area contributed by atoms with Crippen molar-refractivity contribution in [2.75, 3.05) is 4.90 Å². The number of aromatic nitrogens is 1. The number of fused-ring (bicyclic) bond motifs is 16. The molecule has 0 N–H and O–H groups in total. The minimum Gasteiger partial charge on any atom is -0.310 e. The summed E-state index contributed by atoms with van der Waals surface area (Å²) in [7, 11) is 0. The Bertz CT molecular complexity index is 4000. The summed E-state index contributed by atoms with van der Waals surface area (Å²) >= 11 is 0. The molecule has 2 heteroatoms. The van der Waals surface area contributed by atoms with Gasteiger partial charge in [-0.25, -0.2) is 0 Å². The highest BCUT2D eigenvalue weighted by Crippen LogP contribution is 2.63. The Morgan fingerprint density at radius 1 is 0.324 bits per heavy atom. The van der Waals surface area contributed by atoms with E-state index in [2.05, 4.69) is 264 Å². The summed E-state index contributed by atoms with van der Waals surface area (Å²) < 4.78 is 2.53. The average molecular weight is 863 g/mol. The van der Waals surface area contributed by atoms with E-state index in [1.165, 1.54) is 105 Å². The molecule has 0 amide bonds. The third kappa shape index (κ3) is 4.71. The van der Waals surface area contributed by atoms with Gasteiger partial charge in [0.2, 0.25) is 0 Å². The van der Waals surface area contributed by atoms with E-state index in [4.69, 9.17) is 0 Å². The Hall–Kier alpha value is -8.72. The first-order valence-electron chi connectivity index (χ1n) is 23.8. The maximum absolute atomic E-state index is 2.53. The van der Waals surface area contributed by atoms with Crippen molar-refractivity contribution < 1.29 is 0 Å². The third-order valence-electron chi connectivity index (χ3n) is 15.6. The van der Waals surface area contributed by atoms with Gasteiger partial charge >= 0.3 is 0 Å². The van der Waals surface area contributed by atoms with Crippen LogP contribution in [-0.2, 0) is 10.8 Å². The van der Waals surface area contributed by atoms with E-state index < -0.39 is 10.8 Å². The molecule has 1 aliphatic heterocycles. The molecule has 1 aromatic heterocycles. The standard InChI is InChI=1S/C66H42N2/c1-2-20-45(21-3-1)65(54-27-10-6-22-49(54)50-23-7-11-28-55(50)65)46-37-40-47(41-38-46)67(48-39-36-43-18-4-5-19-44(43)42-48)62-35-17-31-58-63(62)53-25-8-12-29-56(53)66(58)57-30-13-15-34-61(57)68-60-33-14-9-24-51(60)52-26-16-32-59(66)64(52)68/h1-42H. The SMILES string of the molecule is c1ccc(C2(c3ccc(N(c4ccc5ccccc5c4)c4cccc5c4-c4ccccc4C54c5ccccc5-n5c6ccccc6c6cccc4c65)cc3)c3ccccc3-c3ccccc32)cc1. The van der Waals surface area contributed by atoms with Gasteiger partial charge in [0.15, 0.2) is 0 Å². The lowest BCUT2D eigenvalue weighted by Crippen LogP contribution is -2.33. The van der Waals surface area contributed by atoms with E-state index in [-0.39, 0.29) is 0 Å². The van der Waals surface area contributed by atoms with Crippen molar-refractivity contribution in [2.45, 2.75) is 10.8 Å². The van der Waals surface area contributed by atoms with Gasteiger partial charge in [-0.1, -0.05) is 212 Å². The molecule has 316 valence electrons. The van der Waals surface area contributed by atoms with E-state index in [0.717, 1.165) is 17.1 Å². The van der Waals surface area contributed by atoms with Gasteiger partial charge in [0.1, 0.15) is 0 Å². The van der Waals surface area contributed by atoms with Crippen LogP contribution in [0.2, 0.25) is 0 Å². The highest BCUT2D eigenvalue weighted by Gasteiger charge is 2.52. The zero-order valence-corrected chi connectivity index (χ0v) is 37.1. The molecule has 0 fully saturated rings. The van der Waals surface area contributed by atoms with Gasteiger partial charge in [-0.3, -0.25) is 0 Å². The number of hydrogen-bond acceptors (Lipinski definition) is 1. The molecule has 0 saturated heterocycles. The summed E-state index contributed by atoms with van der Waals surface area (Å²) in [5, 5.41) is 4.99. The summed E-state index contributed by atoms with van der Waals surface area (Å²) in [4.78, 5) is 2.52. The van der Waals surface area contributed by atoms with Gasteiger partial charge in [-0.2, -0.15) is 0 Å². The molecule has 12 aromatic rings. The summed E-state index contributed by atoms with van der Waals surface area (Å²) in [6, 6.07) is 95.6. The van der Waals surface area contributed by atoms with Gasteiger partial charge in [-0.05, 0) is 114 Å². The molecular formula is C66H42N2. The maximum atomic E-state index is 2.53. The summed E-state index contributed by atoms with van der Waals surface area (Å²) in [6.45, 7) is 0. The Balaban J connectivity index is 1.00. The van der Waals surface area contributed by atoms with Crippen LogP contribution in [0.4, 0.5) is 17.1 Å². The van der Waals surface area contributed by atoms with E-state index in [0.29, 0.717) is 0 Å². The van der Waals surface area contributed by atoms with E-state index in [1.807, 2.05) is 0 Å². The number of hydrogen-bond donors (Lipinski definition) is 0. The van der Waals surface area contributed by atoms with Crippen molar-refractivity contribution in [3.05, 3.63) is 299 Å². The van der Waals surface area contributed by atoms with Crippen LogP contribution < -0.4 is 4.90 Å². The molecule has 68 heavy (non-hydrogen) atoms. The minimum absolute atomic E-state index is 0.488. The Morgan fingerprint density at radius 3 is 1.65 bits per heavy atom. The average Bonchev–Trinajstić information content (AvgIpc) is 4.02. The van der Waals surface area contributed by atoms with Crippen LogP contribution >= 0.6 is 0 Å². The van der Waals surface area contributed by atoms with Gasteiger partial charge in [0.05, 0.1) is 33.2 Å². The molecule has 0 bridgehead atoms. The molecule has 0 radical (unpaired) electrons. The highest BCUT2D eigenvalue weighted by molar-refractivity contribution is 6.13. The van der Waals surface area contributed by atoms with Crippen molar-refractivity contribution in [1.29, 1.82) is 0 Å². The lowest BCUT2D eigenvalue weighted by Gasteiger charge is -2.39. The van der Waals surface area contributed by atoms with Crippen LogP contribution in [0.25, 0.3) is 60.5 Å². The van der Waals surface area contributed by atoms with Crippen LogP contribution in [0.1, 0.15) is 44.5 Å². The van der Waals surface area contributed by atoms with Gasteiger partial charge < -0.3 is 9.47 Å². The highest BCUT2D eigenvalue weighted by atomic mass is 15.1. The van der Waals surface area contributed by atoms with Gasteiger partial charge in [-0.15, -0.1) is 0 Å². The minimum atomic E-state index is -0.563. The molecule has 1 atom stereocenters. The van der Waals surface area contributed by atoms with Crippen molar-refractivity contribution >= 4 is 49.6 Å². The summed E-state index contributed by atoms with van der Waals surface area (Å²) in [6.07, 6.45) is 0. The topological polar surface area (TPSA) is 8.17 Å². The molecule has 15 rings (SSSR count). The fourth-order valence-electron chi connectivity index (χ4n) is 13.1. The van der Waals surface area contributed by atoms with Crippen LogP contribution in [0.5, 0.6) is 0 Å². The number of nitrogens with zero attached hydrogens (tertiary/aromatic N) is 2. The van der Waals surface area contributed by atoms with E-state index in [1.54, 1.807) is 0 Å². The molecule has 0 saturated carbocycles. The predicted octanol–water partition coefficient (Wildman–Crippen LogP) is 16.4. The van der Waals surface area contributed by atoms with Gasteiger partial charge in [0, 0.05) is 27.7 Å². The van der Waals surface area contributed by atoms with Crippen LogP contribution in [0.15, 0.2) is 255 Å². The van der Waals surface area contributed by atoms with E-state index in [9.17, 15) is 0 Å². The second-order valence-electron chi connectivity index (χ2n) is 18.7. The molecule has 2 nitrogen and oxygen atoms in total. The maximum Gasteiger partial charge on any atom is 0.0755 e. The smallest absolute Gasteiger partial charge is 0.0755 e. The lowest BCUT2D eigenvalue weighted by molar-refractivity contribution is 0.748. The fraction of sp³-hybridized carbons (Fsp3) is 0.0303. The zero-order chi connectivity index (χ0) is 44.6. The Morgan fingerprint density at radius 2 is 0.868 bits per heavy atom. The molecular weight excluding hydrogens is 821 g/mol.